The molecule has 2 atom stereocenters. The lowest BCUT2D eigenvalue weighted by Crippen LogP contribution is -2.49. The van der Waals surface area contributed by atoms with Crippen molar-refractivity contribution in [3.63, 3.8) is 0 Å². The van der Waals surface area contributed by atoms with Gasteiger partial charge in [-0.1, -0.05) is 29.8 Å². The van der Waals surface area contributed by atoms with E-state index in [0.29, 0.717) is 11.4 Å². The van der Waals surface area contributed by atoms with Crippen LogP contribution in [0.5, 0.6) is 5.75 Å². The number of ketones is 1. The highest BCUT2D eigenvalue weighted by atomic mass is 32.2. The van der Waals surface area contributed by atoms with Crippen LogP contribution in [-0.2, 0) is 20.4 Å². The van der Waals surface area contributed by atoms with Crippen LogP contribution in [0.15, 0.2) is 76.2 Å². The van der Waals surface area contributed by atoms with Gasteiger partial charge < -0.3 is 4.74 Å². The largest absolute Gasteiger partial charge is 0.497 e. The molecule has 0 saturated carbocycles. The van der Waals surface area contributed by atoms with Crippen molar-refractivity contribution in [3.05, 3.63) is 82.4 Å². The minimum atomic E-state index is -3.89. The Hall–Kier alpha value is -2.51. The van der Waals surface area contributed by atoms with Gasteiger partial charge in [0.05, 0.1) is 12.0 Å². The molecule has 1 aliphatic heterocycles. The lowest BCUT2D eigenvalue weighted by molar-refractivity contribution is -0.116. The maximum Gasteiger partial charge on any atom is 0.265 e. The van der Waals surface area contributed by atoms with E-state index in [-0.39, 0.29) is 23.0 Å². The Bertz CT molecular complexity index is 1180. The topological polar surface area (TPSA) is 63.7 Å². The predicted octanol–water partition coefficient (Wildman–Crippen LogP) is 4.64. The molecular formula is C24H25NO4S2. The molecule has 2 aromatic rings. The zero-order valence-electron chi connectivity index (χ0n) is 18.0. The molecule has 162 valence electrons. The van der Waals surface area contributed by atoms with E-state index in [1.54, 1.807) is 37.5 Å². The maximum atomic E-state index is 14.0. The van der Waals surface area contributed by atoms with Gasteiger partial charge in [0.15, 0.2) is 5.78 Å². The van der Waals surface area contributed by atoms with E-state index < -0.39 is 15.6 Å². The lowest BCUT2D eigenvalue weighted by Gasteiger charge is -2.43. The first-order valence-electron chi connectivity index (χ1n) is 9.99. The fraction of sp³-hybridized carbons (Fsp3) is 0.292. The molecule has 2 aliphatic rings. The molecular weight excluding hydrogens is 430 g/mol. The van der Waals surface area contributed by atoms with E-state index in [2.05, 4.69) is 0 Å². The zero-order valence-corrected chi connectivity index (χ0v) is 19.6. The van der Waals surface area contributed by atoms with Crippen LogP contribution in [0, 0.1) is 12.8 Å². The van der Waals surface area contributed by atoms with Crippen molar-refractivity contribution in [2.45, 2.75) is 30.7 Å². The van der Waals surface area contributed by atoms with Crippen molar-refractivity contribution in [3.8, 4) is 5.75 Å². The minimum Gasteiger partial charge on any atom is -0.497 e. The average Bonchev–Trinajstić information content (AvgIpc) is 3.02. The van der Waals surface area contributed by atoms with Crippen LogP contribution in [-0.4, -0.2) is 31.9 Å². The van der Waals surface area contributed by atoms with Gasteiger partial charge in [-0.3, -0.25) is 9.10 Å². The number of aryl methyl sites for hydroxylation is 1. The van der Waals surface area contributed by atoms with Gasteiger partial charge in [0.25, 0.3) is 10.0 Å². The van der Waals surface area contributed by atoms with Crippen molar-refractivity contribution < 1.29 is 17.9 Å². The van der Waals surface area contributed by atoms with Gasteiger partial charge in [-0.15, -0.1) is 11.8 Å². The van der Waals surface area contributed by atoms with Crippen LogP contribution in [0.25, 0.3) is 0 Å². The van der Waals surface area contributed by atoms with Gasteiger partial charge in [0, 0.05) is 22.9 Å². The highest BCUT2D eigenvalue weighted by Crippen LogP contribution is 2.57. The second-order valence-corrected chi connectivity index (χ2v) is 10.5. The Labute approximate surface area is 187 Å². The number of carbonyl (C=O) groups is 1. The number of benzene rings is 2. The lowest BCUT2D eigenvalue weighted by atomic mass is 9.74. The van der Waals surface area contributed by atoms with Crippen molar-refractivity contribution in [2.75, 3.05) is 13.4 Å². The summed E-state index contributed by atoms with van der Waals surface area (Å²) in [5.41, 5.74) is 1.45. The number of methoxy groups -OCH3 is 1. The van der Waals surface area contributed by atoms with E-state index in [4.69, 9.17) is 4.74 Å². The van der Waals surface area contributed by atoms with E-state index in [1.165, 1.54) is 22.1 Å². The fourth-order valence-corrected chi connectivity index (χ4v) is 7.48. The maximum absolute atomic E-state index is 14.0. The first kappa shape index (κ1) is 21.7. The van der Waals surface area contributed by atoms with Crippen LogP contribution in [0.1, 0.15) is 24.5 Å². The van der Waals surface area contributed by atoms with E-state index >= 15 is 0 Å². The van der Waals surface area contributed by atoms with E-state index in [0.717, 1.165) is 16.0 Å². The van der Waals surface area contributed by atoms with Crippen molar-refractivity contribution in [1.29, 1.82) is 0 Å². The number of ether oxygens (including phenoxy) is 1. The van der Waals surface area contributed by atoms with Crippen molar-refractivity contribution >= 4 is 27.6 Å². The third-order valence-corrected chi connectivity index (χ3v) is 9.05. The SMILES string of the molecule is COc1ccc([C@]23C=CC(=O)C[C@H]2C(SC)=C(C)N3S(=O)(=O)c2ccc(C)cc2)cc1. The van der Waals surface area contributed by atoms with Gasteiger partial charge in [-0.2, -0.15) is 0 Å². The summed E-state index contributed by atoms with van der Waals surface area (Å²) < 4.78 is 34.8. The quantitative estimate of drug-likeness (QED) is 0.657. The molecule has 1 heterocycles. The average molecular weight is 456 g/mol. The Kier molecular flexibility index (Phi) is 5.52. The fourth-order valence-electron chi connectivity index (χ4n) is 4.65. The molecule has 0 fully saturated rings. The zero-order chi connectivity index (χ0) is 22.4. The molecule has 0 radical (unpaired) electrons. The molecule has 0 amide bonds. The molecule has 1 aliphatic carbocycles. The van der Waals surface area contributed by atoms with Crippen LogP contribution in [0.4, 0.5) is 0 Å². The molecule has 0 aromatic heterocycles. The Morgan fingerprint density at radius 2 is 1.71 bits per heavy atom. The number of nitrogens with zero attached hydrogens (tertiary/aromatic N) is 1. The number of thioether (sulfide) groups is 1. The summed E-state index contributed by atoms with van der Waals surface area (Å²) in [6, 6.07) is 14.3. The first-order chi connectivity index (χ1) is 14.8. The smallest absolute Gasteiger partial charge is 0.265 e. The first-order valence-corrected chi connectivity index (χ1v) is 12.7. The number of hydrogen-bond donors (Lipinski definition) is 0. The number of carbonyl (C=O) groups excluding carboxylic acids is 1. The number of hydrogen-bond acceptors (Lipinski definition) is 5. The van der Waals surface area contributed by atoms with Gasteiger partial charge >= 0.3 is 0 Å². The summed E-state index contributed by atoms with van der Waals surface area (Å²) in [5, 5.41) is 0. The number of allylic oxidation sites excluding steroid dienone is 2. The van der Waals surface area contributed by atoms with Crippen LogP contribution < -0.4 is 4.74 Å². The monoisotopic (exact) mass is 455 g/mol. The van der Waals surface area contributed by atoms with Gasteiger partial charge in [0.1, 0.15) is 11.3 Å². The molecule has 7 heteroatoms. The summed E-state index contributed by atoms with van der Waals surface area (Å²) in [7, 11) is -2.30. The Morgan fingerprint density at radius 1 is 1.06 bits per heavy atom. The second kappa shape index (κ2) is 7.88. The Morgan fingerprint density at radius 3 is 2.29 bits per heavy atom. The standard InChI is InChI=1S/C24H25NO4S2/c1-16-5-11-21(12-6-16)31(27,28)25-17(2)23(30-4)22-15-19(26)13-14-24(22,25)18-7-9-20(29-3)10-8-18/h5-14,22H,15H2,1-4H3/t22-,24+/m0/s1. The molecule has 0 bridgehead atoms. The summed E-state index contributed by atoms with van der Waals surface area (Å²) in [6.45, 7) is 3.76. The van der Waals surface area contributed by atoms with Crippen LogP contribution >= 0.6 is 11.8 Å². The van der Waals surface area contributed by atoms with Gasteiger partial charge in [0.2, 0.25) is 0 Å². The number of rotatable bonds is 5. The number of fused-ring (bicyclic) bond motifs is 1. The third-order valence-electron chi connectivity index (χ3n) is 6.11. The molecule has 0 spiro atoms. The molecule has 31 heavy (non-hydrogen) atoms. The highest BCUT2D eigenvalue weighted by molar-refractivity contribution is 8.02. The molecule has 0 unspecified atom stereocenters. The molecule has 2 aromatic carbocycles. The summed E-state index contributed by atoms with van der Waals surface area (Å²) in [6.07, 6.45) is 5.48. The van der Waals surface area contributed by atoms with Gasteiger partial charge in [-0.05, 0) is 62.1 Å². The third kappa shape index (κ3) is 3.31. The van der Waals surface area contributed by atoms with E-state index in [1.807, 2.05) is 44.4 Å². The van der Waals surface area contributed by atoms with Gasteiger partial charge in [-0.25, -0.2) is 8.42 Å². The molecule has 5 nitrogen and oxygen atoms in total. The van der Waals surface area contributed by atoms with Crippen LogP contribution in [0.3, 0.4) is 0 Å². The second-order valence-electron chi connectivity index (χ2n) is 7.85. The van der Waals surface area contributed by atoms with Crippen molar-refractivity contribution in [2.24, 2.45) is 5.92 Å². The van der Waals surface area contributed by atoms with Crippen LogP contribution in [0.2, 0.25) is 0 Å². The normalized spacial score (nSPS) is 23.3. The predicted molar refractivity (Wildman–Crippen MR) is 123 cm³/mol. The summed E-state index contributed by atoms with van der Waals surface area (Å²) in [5.74, 6) is 0.407. The minimum absolute atomic E-state index is 0.00284. The molecule has 0 saturated heterocycles. The van der Waals surface area contributed by atoms with E-state index in [9.17, 15) is 13.2 Å². The molecule has 0 N–H and O–H groups in total. The summed E-state index contributed by atoms with van der Waals surface area (Å²) in [4.78, 5) is 13.6. The summed E-state index contributed by atoms with van der Waals surface area (Å²) >= 11 is 1.51. The molecule has 4 rings (SSSR count). The van der Waals surface area contributed by atoms with Crippen molar-refractivity contribution in [1.82, 2.24) is 4.31 Å². The number of sulfonamides is 1. The Balaban J connectivity index is 1.99. The highest BCUT2D eigenvalue weighted by Gasteiger charge is 2.57.